The molecule has 0 aliphatic carbocycles. The molecular weight excluding hydrogens is 226 g/mol. The maximum Gasteiger partial charge on any atom is 0.238 e. The zero-order valence-electron chi connectivity index (χ0n) is 8.68. The van der Waals surface area contributed by atoms with Gasteiger partial charge in [-0.2, -0.15) is 5.26 Å². The lowest BCUT2D eigenvalue weighted by Crippen LogP contribution is -2.15. The van der Waals surface area contributed by atoms with Crippen molar-refractivity contribution in [1.82, 2.24) is 5.32 Å². The second-order valence-corrected chi connectivity index (χ2v) is 4.84. The van der Waals surface area contributed by atoms with Crippen LogP contribution in [0.5, 0.6) is 0 Å². The van der Waals surface area contributed by atoms with Gasteiger partial charge in [-0.1, -0.05) is 12.1 Å². The van der Waals surface area contributed by atoms with E-state index in [0.717, 1.165) is 5.56 Å². The topological polar surface area (TPSA) is 96.0 Å². The first-order valence-corrected chi connectivity index (χ1v) is 6.28. The summed E-state index contributed by atoms with van der Waals surface area (Å²) in [5, 5.41) is 16.3. The Morgan fingerprint density at radius 1 is 1.31 bits per heavy atom. The summed E-state index contributed by atoms with van der Waals surface area (Å²) in [5.41, 5.74) is 0.949. The third-order valence-corrected chi connectivity index (χ3v) is 2.92. The Morgan fingerprint density at radius 2 is 1.94 bits per heavy atom. The zero-order valence-corrected chi connectivity index (χ0v) is 9.50. The predicted molar refractivity (Wildman–Crippen MR) is 59.8 cm³/mol. The molecule has 86 valence electrons. The minimum Gasteiger partial charge on any atom is -0.312 e. The van der Waals surface area contributed by atoms with Crippen LogP contribution in [0.15, 0.2) is 29.2 Å². The molecule has 6 heteroatoms. The molecule has 0 bridgehead atoms. The fraction of sp³-hybridized carbons (Fsp3) is 0.300. The van der Waals surface area contributed by atoms with Crippen LogP contribution in [0.4, 0.5) is 0 Å². The highest BCUT2D eigenvalue weighted by Crippen LogP contribution is 2.08. The van der Waals surface area contributed by atoms with E-state index in [4.69, 9.17) is 10.4 Å². The number of nitrogens with zero attached hydrogens (tertiary/aromatic N) is 1. The summed E-state index contributed by atoms with van der Waals surface area (Å²) in [7, 11) is -3.61. The van der Waals surface area contributed by atoms with Gasteiger partial charge in [0.05, 0.1) is 11.0 Å². The highest BCUT2D eigenvalue weighted by Gasteiger charge is 2.06. The van der Waals surface area contributed by atoms with Crippen LogP contribution in [-0.2, 0) is 16.6 Å². The molecule has 0 spiro atoms. The molecule has 5 nitrogen and oxygen atoms in total. The number of primary sulfonamides is 1. The van der Waals surface area contributed by atoms with E-state index >= 15 is 0 Å². The van der Waals surface area contributed by atoms with Crippen LogP contribution >= 0.6 is 0 Å². The monoisotopic (exact) mass is 239 g/mol. The molecule has 1 rings (SSSR count). The van der Waals surface area contributed by atoms with Crippen LogP contribution in [-0.4, -0.2) is 15.0 Å². The molecule has 3 N–H and O–H groups in total. The number of nitrogens with two attached hydrogens (primary N) is 1. The number of nitriles is 1. The summed E-state index contributed by atoms with van der Waals surface area (Å²) >= 11 is 0. The molecule has 1 aromatic rings. The van der Waals surface area contributed by atoms with Crippen molar-refractivity contribution >= 4 is 10.0 Å². The zero-order chi connectivity index (χ0) is 12.0. The molecular formula is C10H13N3O2S. The summed E-state index contributed by atoms with van der Waals surface area (Å²) in [6.07, 6.45) is 0.454. The number of hydrogen-bond acceptors (Lipinski definition) is 4. The van der Waals surface area contributed by atoms with E-state index in [-0.39, 0.29) is 4.90 Å². The van der Waals surface area contributed by atoms with E-state index in [9.17, 15) is 8.42 Å². The molecule has 0 aromatic heterocycles. The van der Waals surface area contributed by atoms with Crippen LogP contribution < -0.4 is 10.5 Å². The second kappa shape index (κ2) is 5.61. The summed E-state index contributed by atoms with van der Waals surface area (Å²) in [5.74, 6) is 0. The van der Waals surface area contributed by atoms with Crippen molar-refractivity contribution < 1.29 is 8.42 Å². The van der Waals surface area contributed by atoms with Crippen LogP contribution in [0.3, 0.4) is 0 Å². The average molecular weight is 239 g/mol. The second-order valence-electron chi connectivity index (χ2n) is 3.27. The van der Waals surface area contributed by atoms with Gasteiger partial charge in [-0.25, -0.2) is 13.6 Å². The third-order valence-electron chi connectivity index (χ3n) is 1.99. The number of nitrogens with one attached hydrogen (secondary N) is 1. The molecule has 0 radical (unpaired) electrons. The SMILES string of the molecule is N#CCCNCc1ccc(S(N)(=O)=O)cc1. The first-order chi connectivity index (χ1) is 7.54. The first-order valence-electron chi connectivity index (χ1n) is 4.73. The van der Waals surface area contributed by atoms with Gasteiger partial charge in [0.2, 0.25) is 10.0 Å². The van der Waals surface area contributed by atoms with Gasteiger partial charge in [0.15, 0.2) is 0 Å². The van der Waals surface area contributed by atoms with Crippen LogP contribution in [0.1, 0.15) is 12.0 Å². The molecule has 0 amide bonds. The van der Waals surface area contributed by atoms with Crippen LogP contribution in [0, 0.1) is 11.3 Å². The molecule has 0 aliphatic rings. The molecule has 16 heavy (non-hydrogen) atoms. The van der Waals surface area contributed by atoms with E-state index in [1.54, 1.807) is 12.1 Å². The van der Waals surface area contributed by atoms with Crippen molar-refractivity contribution in [3.8, 4) is 6.07 Å². The van der Waals surface area contributed by atoms with E-state index in [0.29, 0.717) is 19.5 Å². The Balaban J connectivity index is 2.56. The quantitative estimate of drug-likeness (QED) is 0.724. The van der Waals surface area contributed by atoms with Crippen molar-refractivity contribution in [2.45, 2.75) is 17.9 Å². The number of benzene rings is 1. The van der Waals surface area contributed by atoms with Crippen LogP contribution in [0.2, 0.25) is 0 Å². The van der Waals surface area contributed by atoms with Crippen molar-refractivity contribution in [3.05, 3.63) is 29.8 Å². The Kier molecular flexibility index (Phi) is 4.43. The molecule has 0 saturated carbocycles. The van der Waals surface area contributed by atoms with Gasteiger partial charge in [-0.3, -0.25) is 0 Å². The fourth-order valence-electron chi connectivity index (χ4n) is 1.17. The maximum absolute atomic E-state index is 11.0. The molecule has 1 aromatic carbocycles. The lowest BCUT2D eigenvalue weighted by molar-refractivity contribution is 0.597. The minimum absolute atomic E-state index is 0.105. The Morgan fingerprint density at radius 3 is 2.44 bits per heavy atom. The highest BCUT2D eigenvalue weighted by atomic mass is 32.2. The van der Waals surface area contributed by atoms with Crippen molar-refractivity contribution in [3.63, 3.8) is 0 Å². The molecule has 0 heterocycles. The summed E-state index contributed by atoms with van der Waals surface area (Å²) in [4.78, 5) is 0.105. The van der Waals surface area contributed by atoms with Gasteiger partial charge < -0.3 is 5.32 Å². The number of hydrogen-bond donors (Lipinski definition) is 2. The number of rotatable bonds is 5. The minimum atomic E-state index is -3.61. The standard InChI is InChI=1S/C10H13N3O2S/c11-6-1-7-13-8-9-2-4-10(5-3-9)16(12,14)15/h2-5,13H,1,7-8H2,(H2,12,14,15). The predicted octanol–water partition coefficient (Wildman–Crippen LogP) is 0.337. The summed E-state index contributed by atoms with van der Waals surface area (Å²) in [6.45, 7) is 1.22. The normalized spacial score (nSPS) is 11.0. The Bertz CT molecular complexity index is 474. The van der Waals surface area contributed by atoms with Gasteiger partial charge >= 0.3 is 0 Å². The van der Waals surface area contributed by atoms with E-state index < -0.39 is 10.0 Å². The highest BCUT2D eigenvalue weighted by molar-refractivity contribution is 7.89. The van der Waals surface area contributed by atoms with E-state index in [1.165, 1.54) is 12.1 Å². The first kappa shape index (κ1) is 12.6. The lowest BCUT2D eigenvalue weighted by Gasteiger charge is -2.03. The van der Waals surface area contributed by atoms with Gasteiger partial charge in [-0.05, 0) is 17.7 Å². The van der Waals surface area contributed by atoms with Gasteiger partial charge in [0, 0.05) is 19.5 Å². The van der Waals surface area contributed by atoms with Crippen molar-refractivity contribution in [2.24, 2.45) is 5.14 Å². The third kappa shape index (κ3) is 3.98. The summed E-state index contributed by atoms with van der Waals surface area (Å²) in [6, 6.07) is 8.35. The molecule has 0 atom stereocenters. The van der Waals surface area contributed by atoms with Gasteiger partial charge in [-0.15, -0.1) is 0 Å². The molecule has 0 saturated heterocycles. The van der Waals surface area contributed by atoms with Crippen molar-refractivity contribution in [2.75, 3.05) is 6.54 Å². The fourth-order valence-corrected chi connectivity index (χ4v) is 1.69. The maximum atomic E-state index is 11.0. The number of sulfonamides is 1. The van der Waals surface area contributed by atoms with E-state index in [2.05, 4.69) is 5.32 Å². The molecule has 0 fully saturated rings. The average Bonchev–Trinajstić information content (AvgIpc) is 2.24. The summed E-state index contributed by atoms with van der Waals surface area (Å²) < 4.78 is 21.9. The smallest absolute Gasteiger partial charge is 0.238 e. The molecule has 0 aliphatic heterocycles. The van der Waals surface area contributed by atoms with Gasteiger partial charge in [0.1, 0.15) is 0 Å². The van der Waals surface area contributed by atoms with Crippen molar-refractivity contribution in [1.29, 1.82) is 5.26 Å². The van der Waals surface area contributed by atoms with Gasteiger partial charge in [0.25, 0.3) is 0 Å². The van der Waals surface area contributed by atoms with E-state index in [1.807, 2.05) is 6.07 Å². The lowest BCUT2D eigenvalue weighted by atomic mass is 10.2. The van der Waals surface area contributed by atoms with Crippen LogP contribution in [0.25, 0.3) is 0 Å². The Labute approximate surface area is 94.9 Å². The Hall–Kier alpha value is -1.42. The molecule has 0 unspecified atom stereocenters. The largest absolute Gasteiger partial charge is 0.312 e.